The van der Waals surface area contributed by atoms with Crippen molar-refractivity contribution >= 4 is 0 Å². The predicted molar refractivity (Wildman–Crippen MR) is 34.9 cm³/mol. The molecule has 0 aromatic rings. The molecule has 2 heteroatoms. The molecule has 52 valence electrons. The number of hydrogen-bond donors (Lipinski definition) is 0. The van der Waals surface area contributed by atoms with Crippen LogP contribution in [0.25, 0.3) is 0 Å². The average molecular weight is 128 g/mol. The molecule has 2 atom stereocenters. The molecular formula is C7H12O2. The standard InChI is InChI=1S/C7H12O2/c1-5-4-8-6(2)7(3)9-5/h4,6-7H,1-3H3. The van der Waals surface area contributed by atoms with Crippen molar-refractivity contribution in [1.29, 1.82) is 0 Å². The topological polar surface area (TPSA) is 18.5 Å². The van der Waals surface area contributed by atoms with Crippen LogP contribution in [0, 0.1) is 0 Å². The van der Waals surface area contributed by atoms with Crippen molar-refractivity contribution in [3.05, 3.63) is 12.0 Å². The molecule has 0 saturated carbocycles. The Balaban J connectivity index is 2.54. The molecule has 1 heterocycles. The summed E-state index contributed by atoms with van der Waals surface area (Å²) in [7, 11) is 0. The van der Waals surface area contributed by atoms with E-state index in [-0.39, 0.29) is 12.2 Å². The molecule has 0 fully saturated rings. The summed E-state index contributed by atoms with van der Waals surface area (Å²) in [5.41, 5.74) is 0. The van der Waals surface area contributed by atoms with Gasteiger partial charge in [-0.05, 0) is 20.8 Å². The average Bonchev–Trinajstić information content (AvgIpc) is 1.80. The number of ether oxygens (including phenoxy) is 2. The van der Waals surface area contributed by atoms with Gasteiger partial charge < -0.3 is 9.47 Å². The normalized spacial score (nSPS) is 34.3. The summed E-state index contributed by atoms with van der Waals surface area (Å²) >= 11 is 0. The molecule has 0 aromatic carbocycles. The lowest BCUT2D eigenvalue weighted by molar-refractivity contribution is -0.0279. The van der Waals surface area contributed by atoms with Gasteiger partial charge in [0, 0.05) is 0 Å². The van der Waals surface area contributed by atoms with E-state index >= 15 is 0 Å². The van der Waals surface area contributed by atoms with Gasteiger partial charge in [0.1, 0.15) is 24.2 Å². The first-order chi connectivity index (χ1) is 4.20. The maximum atomic E-state index is 5.33. The Bertz CT molecular complexity index is 129. The SMILES string of the molecule is CC1=COC(C)C(C)O1. The minimum Gasteiger partial charge on any atom is -0.491 e. The van der Waals surface area contributed by atoms with Gasteiger partial charge in [0.25, 0.3) is 0 Å². The summed E-state index contributed by atoms with van der Waals surface area (Å²) in [5, 5.41) is 0. The number of rotatable bonds is 0. The zero-order valence-corrected chi connectivity index (χ0v) is 6.05. The van der Waals surface area contributed by atoms with E-state index in [1.165, 1.54) is 0 Å². The lowest BCUT2D eigenvalue weighted by Crippen LogP contribution is -2.27. The van der Waals surface area contributed by atoms with Gasteiger partial charge in [-0.15, -0.1) is 0 Å². The highest BCUT2D eigenvalue weighted by Crippen LogP contribution is 2.14. The second-order valence-electron chi connectivity index (χ2n) is 2.39. The molecule has 0 N–H and O–H groups in total. The Morgan fingerprint density at radius 2 is 2.00 bits per heavy atom. The van der Waals surface area contributed by atoms with Crippen molar-refractivity contribution in [2.45, 2.75) is 33.0 Å². The van der Waals surface area contributed by atoms with Crippen LogP contribution in [0.4, 0.5) is 0 Å². The van der Waals surface area contributed by atoms with E-state index < -0.39 is 0 Å². The fourth-order valence-corrected chi connectivity index (χ4v) is 0.731. The zero-order chi connectivity index (χ0) is 6.85. The highest BCUT2D eigenvalue weighted by molar-refractivity contribution is 4.88. The Hall–Kier alpha value is -0.660. The molecule has 1 aliphatic rings. The van der Waals surface area contributed by atoms with E-state index in [9.17, 15) is 0 Å². The fraction of sp³-hybridized carbons (Fsp3) is 0.714. The zero-order valence-electron chi connectivity index (χ0n) is 6.05. The highest BCUT2D eigenvalue weighted by Gasteiger charge is 2.17. The Labute approximate surface area is 55.5 Å². The van der Waals surface area contributed by atoms with Gasteiger partial charge >= 0.3 is 0 Å². The molecule has 0 radical (unpaired) electrons. The van der Waals surface area contributed by atoms with Crippen LogP contribution in [0.15, 0.2) is 12.0 Å². The smallest absolute Gasteiger partial charge is 0.132 e. The van der Waals surface area contributed by atoms with Crippen molar-refractivity contribution in [2.75, 3.05) is 0 Å². The van der Waals surface area contributed by atoms with Crippen molar-refractivity contribution < 1.29 is 9.47 Å². The third-order valence-corrected chi connectivity index (χ3v) is 1.48. The van der Waals surface area contributed by atoms with Crippen LogP contribution in [0.2, 0.25) is 0 Å². The lowest BCUT2D eigenvalue weighted by Gasteiger charge is -2.25. The van der Waals surface area contributed by atoms with Crippen LogP contribution >= 0.6 is 0 Å². The van der Waals surface area contributed by atoms with Gasteiger partial charge in [-0.1, -0.05) is 0 Å². The molecule has 9 heavy (non-hydrogen) atoms. The molecule has 0 spiro atoms. The highest BCUT2D eigenvalue weighted by atomic mass is 16.6. The lowest BCUT2D eigenvalue weighted by atomic mass is 10.2. The van der Waals surface area contributed by atoms with E-state index in [2.05, 4.69) is 0 Å². The first kappa shape index (κ1) is 6.46. The predicted octanol–water partition coefficient (Wildman–Crippen LogP) is 1.67. The van der Waals surface area contributed by atoms with Gasteiger partial charge in [0.05, 0.1) is 0 Å². The summed E-state index contributed by atoms with van der Waals surface area (Å²) in [6, 6.07) is 0. The van der Waals surface area contributed by atoms with E-state index in [1.807, 2.05) is 20.8 Å². The maximum absolute atomic E-state index is 5.33. The van der Waals surface area contributed by atoms with Crippen LogP contribution in [-0.4, -0.2) is 12.2 Å². The van der Waals surface area contributed by atoms with Gasteiger partial charge in [0.2, 0.25) is 0 Å². The molecule has 0 aromatic heterocycles. The Morgan fingerprint density at radius 1 is 1.33 bits per heavy atom. The third kappa shape index (κ3) is 1.37. The number of allylic oxidation sites excluding steroid dienone is 1. The van der Waals surface area contributed by atoms with Gasteiger partial charge in [-0.25, -0.2) is 0 Å². The van der Waals surface area contributed by atoms with Crippen molar-refractivity contribution in [3.8, 4) is 0 Å². The molecule has 0 amide bonds. The molecule has 0 saturated heterocycles. The van der Waals surface area contributed by atoms with Crippen molar-refractivity contribution in [2.24, 2.45) is 0 Å². The van der Waals surface area contributed by atoms with E-state index in [4.69, 9.17) is 9.47 Å². The maximum Gasteiger partial charge on any atom is 0.132 e. The summed E-state index contributed by atoms with van der Waals surface area (Å²) in [4.78, 5) is 0. The van der Waals surface area contributed by atoms with E-state index in [0.29, 0.717) is 0 Å². The summed E-state index contributed by atoms with van der Waals surface area (Å²) < 4.78 is 10.5. The second kappa shape index (κ2) is 2.29. The Kier molecular flexibility index (Phi) is 1.65. The molecule has 1 aliphatic heterocycles. The van der Waals surface area contributed by atoms with Crippen LogP contribution < -0.4 is 0 Å². The van der Waals surface area contributed by atoms with Crippen LogP contribution in [-0.2, 0) is 9.47 Å². The first-order valence-corrected chi connectivity index (χ1v) is 3.19. The molecule has 2 nitrogen and oxygen atoms in total. The first-order valence-electron chi connectivity index (χ1n) is 3.19. The van der Waals surface area contributed by atoms with Crippen LogP contribution in [0.1, 0.15) is 20.8 Å². The second-order valence-corrected chi connectivity index (χ2v) is 2.39. The minimum atomic E-state index is 0.189. The van der Waals surface area contributed by atoms with E-state index in [1.54, 1.807) is 6.26 Å². The van der Waals surface area contributed by atoms with Crippen LogP contribution in [0.5, 0.6) is 0 Å². The fourth-order valence-electron chi connectivity index (χ4n) is 0.731. The van der Waals surface area contributed by atoms with Crippen molar-refractivity contribution in [1.82, 2.24) is 0 Å². The number of hydrogen-bond acceptors (Lipinski definition) is 2. The summed E-state index contributed by atoms with van der Waals surface area (Å²) in [5.74, 6) is 0.862. The van der Waals surface area contributed by atoms with Crippen LogP contribution in [0.3, 0.4) is 0 Å². The summed E-state index contributed by atoms with van der Waals surface area (Å²) in [6.07, 6.45) is 2.04. The molecule has 1 rings (SSSR count). The van der Waals surface area contributed by atoms with Gasteiger partial charge in [-0.3, -0.25) is 0 Å². The largest absolute Gasteiger partial charge is 0.491 e. The third-order valence-electron chi connectivity index (χ3n) is 1.48. The quantitative estimate of drug-likeness (QED) is 0.494. The molecule has 0 aliphatic carbocycles. The van der Waals surface area contributed by atoms with Crippen molar-refractivity contribution in [3.63, 3.8) is 0 Å². The molecule has 0 bridgehead atoms. The minimum absolute atomic E-state index is 0.189. The summed E-state index contributed by atoms with van der Waals surface area (Å²) in [6.45, 7) is 5.89. The van der Waals surface area contributed by atoms with Gasteiger partial charge in [-0.2, -0.15) is 0 Å². The monoisotopic (exact) mass is 128 g/mol. The van der Waals surface area contributed by atoms with Gasteiger partial charge in [0.15, 0.2) is 0 Å². The molecular weight excluding hydrogens is 116 g/mol. The Morgan fingerprint density at radius 3 is 2.44 bits per heavy atom. The van der Waals surface area contributed by atoms with E-state index in [0.717, 1.165) is 5.76 Å². The molecule has 2 unspecified atom stereocenters.